The Hall–Kier alpha value is -3.07. The van der Waals surface area contributed by atoms with Gasteiger partial charge in [-0.05, 0) is 36.4 Å². The van der Waals surface area contributed by atoms with Crippen LogP contribution in [0.5, 0.6) is 11.5 Å². The van der Waals surface area contributed by atoms with Crippen LogP contribution in [-0.2, 0) is 17.1 Å². The summed E-state index contributed by atoms with van der Waals surface area (Å²) in [5, 5.41) is 7.88. The van der Waals surface area contributed by atoms with E-state index >= 15 is 0 Å². The van der Waals surface area contributed by atoms with Crippen molar-refractivity contribution in [1.29, 1.82) is 0 Å². The molecule has 1 N–H and O–H groups in total. The summed E-state index contributed by atoms with van der Waals surface area (Å²) in [6.07, 6.45) is 2.36. The number of nitrogens with one attached hydrogen (secondary N) is 1. The van der Waals surface area contributed by atoms with E-state index in [1.165, 1.54) is 12.1 Å². The molecule has 0 saturated heterocycles. The van der Waals surface area contributed by atoms with Crippen molar-refractivity contribution in [3.8, 4) is 22.9 Å². The summed E-state index contributed by atoms with van der Waals surface area (Å²) >= 11 is 0. The van der Waals surface area contributed by atoms with E-state index in [1.54, 1.807) is 41.2 Å². The molecule has 0 aliphatic carbocycles. The van der Waals surface area contributed by atoms with Crippen LogP contribution in [0.15, 0.2) is 53.7 Å². The largest absolute Gasteiger partial charge is 0.490 e. The number of hydrogen-bond donors (Lipinski definition) is 1. The van der Waals surface area contributed by atoms with Gasteiger partial charge in [-0.2, -0.15) is 0 Å². The Morgan fingerprint density at radius 3 is 2.48 bits per heavy atom. The second-order valence-corrected chi connectivity index (χ2v) is 7.79. The molecule has 1 aromatic heterocycles. The monoisotopic (exact) mass is 386 g/mol. The first-order valence-electron chi connectivity index (χ1n) is 8.40. The lowest BCUT2D eigenvalue weighted by Crippen LogP contribution is -2.13. The molecule has 140 valence electrons. The van der Waals surface area contributed by atoms with Crippen LogP contribution in [0.3, 0.4) is 0 Å². The standard InChI is InChI=1S/C18H18N4O4S/c1-22-12-19-20-18(22)13-3-5-14(6-4-13)21-27(23,24)15-7-8-16-17(11-15)26-10-2-9-25-16/h3-8,11-12,21H,2,9-10H2,1H3. The fourth-order valence-corrected chi connectivity index (χ4v) is 3.83. The molecule has 0 fully saturated rings. The SMILES string of the molecule is Cn1cnnc1-c1ccc(NS(=O)(=O)c2ccc3c(c2)OCCCO3)cc1. The van der Waals surface area contributed by atoms with E-state index in [1.807, 2.05) is 7.05 Å². The van der Waals surface area contributed by atoms with Gasteiger partial charge in [0.25, 0.3) is 10.0 Å². The molecule has 27 heavy (non-hydrogen) atoms. The van der Waals surface area contributed by atoms with E-state index in [0.717, 1.165) is 12.0 Å². The van der Waals surface area contributed by atoms with E-state index in [9.17, 15) is 8.42 Å². The lowest BCUT2D eigenvalue weighted by molar-refractivity contribution is 0.297. The number of hydrogen-bond acceptors (Lipinski definition) is 6. The second-order valence-electron chi connectivity index (χ2n) is 6.11. The van der Waals surface area contributed by atoms with Crippen molar-refractivity contribution in [2.45, 2.75) is 11.3 Å². The van der Waals surface area contributed by atoms with Crippen LogP contribution in [0, 0.1) is 0 Å². The molecular weight excluding hydrogens is 368 g/mol. The number of anilines is 1. The van der Waals surface area contributed by atoms with Crippen LogP contribution < -0.4 is 14.2 Å². The van der Waals surface area contributed by atoms with Crippen molar-refractivity contribution in [3.63, 3.8) is 0 Å². The van der Waals surface area contributed by atoms with Crippen molar-refractivity contribution >= 4 is 15.7 Å². The molecule has 1 aliphatic heterocycles. The van der Waals surface area contributed by atoms with E-state index in [-0.39, 0.29) is 4.90 Å². The Balaban J connectivity index is 1.56. The Bertz CT molecular complexity index is 1060. The molecule has 1 aliphatic rings. The lowest BCUT2D eigenvalue weighted by atomic mass is 10.2. The molecule has 0 radical (unpaired) electrons. The molecular formula is C18H18N4O4S. The summed E-state index contributed by atoms with van der Waals surface area (Å²) in [5.41, 5.74) is 1.29. The summed E-state index contributed by atoms with van der Waals surface area (Å²) in [4.78, 5) is 0.115. The molecule has 0 unspecified atom stereocenters. The van der Waals surface area contributed by atoms with Gasteiger partial charge in [-0.15, -0.1) is 10.2 Å². The maximum absolute atomic E-state index is 12.7. The topological polar surface area (TPSA) is 95.3 Å². The zero-order valence-corrected chi connectivity index (χ0v) is 15.4. The third-order valence-electron chi connectivity index (χ3n) is 4.14. The van der Waals surface area contributed by atoms with Crippen LogP contribution in [-0.4, -0.2) is 36.4 Å². The lowest BCUT2D eigenvalue weighted by Gasteiger charge is -2.12. The fourth-order valence-electron chi connectivity index (χ4n) is 2.76. The van der Waals surface area contributed by atoms with Crippen molar-refractivity contribution in [2.24, 2.45) is 7.05 Å². The van der Waals surface area contributed by atoms with Gasteiger partial charge in [0, 0.05) is 30.8 Å². The Kier molecular flexibility index (Phi) is 4.44. The second kappa shape index (κ2) is 6.92. The minimum absolute atomic E-state index is 0.115. The van der Waals surface area contributed by atoms with Crippen LogP contribution in [0.1, 0.15) is 6.42 Å². The van der Waals surface area contributed by atoms with Crippen molar-refractivity contribution in [3.05, 3.63) is 48.8 Å². The molecule has 2 heterocycles. The maximum Gasteiger partial charge on any atom is 0.262 e. The van der Waals surface area contributed by atoms with Crippen molar-refractivity contribution < 1.29 is 17.9 Å². The van der Waals surface area contributed by atoms with Crippen LogP contribution >= 0.6 is 0 Å². The Morgan fingerprint density at radius 2 is 1.78 bits per heavy atom. The average molecular weight is 386 g/mol. The quantitative estimate of drug-likeness (QED) is 0.740. The number of fused-ring (bicyclic) bond motifs is 1. The number of benzene rings is 2. The molecule has 0 saturated carbocycles. The van der Waals surface area contributed by atoms with Crippen molar-refractivity contribution in [2.75, 3.05) is 17.9 Å². The van der Waals surface area contributed by atoms with Gasteiger partial charge in [-0.1, -0.05) is 0 Å². The molecule has 0 bridgehead atoms. The molecule has 2 aromatic carbocycles. The number of ether oxygens (including phenoxy) is 2. The number of aryl methyl sites for hydroxylation is 1. The van der Waals surface area contributed by atoms with Crippen LogP contribution in [0.2, 0.25) is 0 Å². The van der Waals surface area contributed by atoms with Gasteiger partial charge < -0.3 is 14.0 Å². The highest BCUT2D eigenvalue weighted by Gasteiger charge is 2.19. The predicted octanol–water partition coefficient (Wildman–Crippen LogP) is 2.44. The minimum atomic E-state index is -3.75. The minimum Gasteiger partial charge on any atom is -0.490 e. The van der Waals surface area contributed by atoms with Gasteiger partial charge in [0.15, 0.2) is 17.3 Å². The molecule has 4 rings (SSSR count). The molecule has 9 heteroatoms. The predicted molar refractivity (Wildman–Crippen MR) is 99.3 cm³/mol. The zero-order valence-electron chi connectivity index (χ0n) is 14.6. The summed E-state index contributed by atoms with van der Waals surface area (Å²) in [6.45, 7) is 1.04. The van der Waals surface area contributed by atoms with Crippen molar-refractivity contribution in [1.82, 2.24) is 14.8 Å². The van der Waals surface area contributed by atoms with E-state index in [0.29, 0.717) is 36.2 Å². The third kappa shape index (κ3) is 3.59. The van der Waals surface area contributed by atoms with E-state index < -0.39 is 10.0 Å². The maximum atomic E-state index is 12.7. The molecule has 8 nitrogen and oxygen atoms in total. The summed E-state index contributed by atoms with van der Waals surface area (Å²) < 4.78 is 40.9. The van der Waals surface area contributed by atoms with Crippen LogP contribution in [0.25, 0.3) is 11.4 Å². The third-order valence-corrected chi connectivity index (χ3v) is 5.51. The van der Waals surface area contributed by atoms with Crippen LogP contribution in [0.4, 0.5) is 5.69 Å². The Morgan fingerprint density at radius 1 is 1.04 bits per heavy atom. The first-order chi connectivity index (χ1) is 13.0. The molecule has 0 atom stereocenters. The highest BCUT2D eigenvalue weighted by molar-refractivity contribution is 7.92. The summed E-state index contributed by atoms with van der Waals surface area (Å²) in [7, 11) is -1.91. The molecule has 0 amide bonds. The van der Waals surface area contributed by atoms with E-state index in [2.05, 4.69) is 14.9 Å². The highest BCUT2D eigenvalue weighted by atomic mass is 32.2. The summed E-state index contributed by atoms with van der Waals surface area (Å²) in [6, 6.07) is 11.5. The highest BCUT2D eigenvalue weighted by Crippen LogP contribution is 2.32. The number of nitrogens with zero attached hydrogens (tertiary/aromatic N) is 3. The fraction of sp³-hybridized carbons (Fsp3) is 0.222. The first kappa shape index (κ1) is 17.3. The van der Waals surface area contributed by atoms with Gasteiger partial charge in [0.1, 0.15) is 6.33 Å². The smallest absolute Gasteiger partial charge is 0.262 e. The van der Waals surface area contributed by atoms with Gasteiger partial charge in [0.2, 0.25) is 0 Å². The average Bonchev–Trinajstić information content (AvgIpc) is 2.94. The number of aromatic nitrogens is 3. The van der Waals surface area contributed by atoms with Gasteiger partial charge in [-0.25, -0.2) is 8.42 Å². The summed E-state index contributed by atoms with van der Waals surface area (Å²) in [5.74, 6) is 1.69. The van der Waals surface area contributed by atoms with Gasteiger partial charge >= 0.3 is 0 Å². The Labute approximate surface area is 156 Å². The number of rotatable bonds is 4. The van der Waals surface area contributed by atoms with Gasteiger partial charge in [0.05, 0.1) is 18.1 Å². The molecule has 3 aromatic rings. The van der Waals surface area contributed by atoms with Gasteiger partial charge in [-0.3, -0.25) is 4.72 Å². The number of sulfonamides is 1. The normalized spacial score (nSPS) is 13.8. The zero-order chi connectivity index (χ0) is 18.9. The first-order valence-corrected chi connectivity index (χ1v) is 9.88. The molecule has 0 spiro atoms. The van der Waals surface area contributed by atoms with E-state index in [4.69, 9.17) is 9.47 Å².